The van der Waals surface area contributed by atoms with E-state index in [4.69, 9.17) is 9.73 Å². The van der Waals surface area contributed by atoms with Crippen LogP contribution in [-0.4, -0.2) is 66.7 Å². The molecule has 2 aliphatic heterocycles. The fourth-order valence-electron chi connectivity index (χ4n) is 3.56. The van der Waals surface area contributed by atoms with E-state index in [0.29, 0.717) is 11.3 Å². The summed E-state index contributed by atoms with van der Waals surface area (Å²) < 4.78 is 5.47. The molecule has 0 bridgehead atoms. The summed E-state index contributed by atoms with van der Waals surface area (Å²) in [5.74, 6) is 1.59. The average Bonchev–Trinajstić information content (AvgIpc) is 2.90. The average molecular weight is 494 g/mol. The van der Waals surface area contributed by atoms with E-state index in [0.717, 1.165) is 58.1 Å². The van der Waals surface area contributed by atoms with Crippen LogP contribution in [0.5, 0.6) is 0 Å². The topological polar surface area (TPSA) is 57.2 Å². The molecule has 2 saturated heterocycles. The molecule has 0 aromatic rings. The molecule has 0 radical (unpaired) electrons. The Bertz CT molecular complexity index is 509. The van der Waals surface area contributed by atoms with Crippen molar-refractivity contribution in [2.75, 3.05) is 39.3 Å². The summed E-state index contributed by atoms with van der Waals surface area (Å²) in [4.78, 5) is 21.3. The van der Waals surface area contributed by atoms with Crippen molar-refractivity contribution in [1.29, 1.82) is 0 Å². The quantitative estimate of drug-likeness (QED) is 0.367. The highest BCUT2D eigenvalue weighted by molar-refractivity contribution is 14.0. The minimum atomic E-state index is -0.428. The normalized spacial score (nSPS) is 21.0. The van der Waals surface area contributed by atoms with Crippen LogP contribution in [-0.2, 0) is 4.74 Å². The number of rotatable bonds is 3. The molecule has 1 amide bonds. The lowest BCUT2D eigenvalue weighted by molar-refractivity contribution is 0.0187. The Hall–Kier alpha value is -0.730. The standard InChI is InChI=1S/C20H38N4O2.HI/c1-7-21-17(24-13-10-20(5,6)15-24)22-14-16-8-11-23(12-9-16)18(25)26-19(2,3)4;/h16H,7-15H2,1-6H3,(H,21,22);1H. The molecule has 2 fully saturated rings. The largest absolute Gasteiger partial charge is 0.444 e. The van der Waals surface area contributed by atoms with Gasteiger partial charge in [-0.3, -0.25) is 4.99 Å². The summed E-state index contributed by atoms with van der Waals surface area (Å²) in [7, 11) is 0. The van der Waals surface area contributed by atoms with Gasteiger partial charge in [-0.25, -0.2) is 4.79 Å². The lowest BCUT2D eigenvalue weighted by Gasteiger charge is -2.33. The molecule has 158 valence electrons. The monoisotopic (exact) mass is 494 g/mol. The number of aliphatic imine (C=N–C) groups is 1. The third-order valence-corrected chi connectivity index (χ3v) is 5.08. The molecule has 0 spiro atoms. The lowest BCUT2D eigenvalue weighted by atomic mass is 9.93. The second-order valence-electron chi connectivity index (χ2n) is 9.44. The number of amides is 1. The first-order chi connectivity index (χ1) is 12.1. The lowest BCUT2D eigenvalue weighted by Crippen LogP contribution is -2.43. The Labute approximate surface area is 182 Å². The number of hydrogen-bond acceptors (Lipinski definition) is 3. The molecule has 0 aromatic heterocycles. The zero-order chi connectivity index (χ0) is 19.4. The van der Waals surface area contributed by atoms with Gasteiger partial charge in [0.2, 0.25) is 0 Å². The number of carbonyl (C=O) groups excluding carboxylic acids is 1. The number of hydrogen-bond donors (Lipinski definition) is 1. The van der Waals surface area contributed by atoms with Crippen molar-refractivity contribution in [2.45, 2.75) is 66.4 Å². The van der Waals surface area contributed by atoms with E-state index in [1.807, 2.05) is 25.7 Å². The molecular formula is C20H39IN4O2. The number of likely N-dealkylation sites (tertiary alicyclic amines) is 2. The first-order valence-electron chi connectivity index (χ1n) is 10.1. The Morgan fingerprint density at radius 1 is 1.19 bits per heavy atom. The van der Waals surface area contributed by atoms with Crippen molar-refractivity contribution >= 4 is 36.0 Å². The number of ether oxygens (including phenoxy) is 1. The van der Waals surface area contributed by atoms with E-state index in [2.05, 4.69) is 31.0 Å². The van der Waals surface area contributed by atoms with Crippen LogP contribution in [0.2, 0.25) is 0 Å². The van der Waals surface area contributed by atoms with Crippen LogP contribution in [0.1, 0.15) is 60.8 Å². The van der Waals surface area contributed by atoms with Crippen LogP contribution in [0.4, 0.5) is 4.79 Å². The fourth-order valence-corrected chi connectivity index (χ4v) is 3.56. The van der Waals surface area contributed by atoms with Crippen LogP contribution in [0.25, 0.3) is 0 Å². The smallest absolute Gasteiger partial charge is 0.410 e. The van der Waals surface area contributed by atoms with Crippen LogP contribution >= 0.6 is 24.0 Å². The third kappa shape index (κ3) is 8.03. The molecule has 0 atom stereocenters. The fraction of sp³-hybridized carbons (Fsp3) is 0.900. The maximum Gasteiger partial charge on any atom is 0.410 e. The highest BCUT2D eigenvalue weighted by atomic mass is 127. The van der Waals surface area contributed by atoms with Crippen LogP contribution in [0, 0.1) is 11.3 Å². The minimum absolute atomic E-state index is 0. The SMILES string of the molecule is CCNC(=NCC1CCN(C(=O)OC(C)(C)C)CC1)N1CCC(C)(C)C1.I. The predicted octanol–water partition coefficient (Wildman–Crippen LogP) is 3.95. The van der Waals surface area contributed by atoms with Crippen LogP contribution in [0.15, 0.2) is 4.99 Å². The number of halogens is 1. The Kier molecular flexibility index (Phi) is 9.15. The van der Waals surface area contributed by atoms with E-state index >= 15 is 0 Å². The number of guanidine groups is 1. The van der Waals surface area contributed by atoms with Crippen LogP contribution in [0.3, 0.4) is 0 Å². The van der Waals surface area contributed by atoms with Gasteiger partial charge in [-0.05, 0) is 58.3 Å². The van der Waals surface area contributed by atoms with Gasteiger partial charge in [-0.15, -0.1) is 24.0 Å². The molecule has 2 rings (SSSR count). The maximum absolute atomic E-state index is 12.2. The van der Waals surface area contributed by atoms with Crippen molar-refractivity contribution in [1.82, 2.24) is 15.1 Å². The summed E-state index contributed by atoms with van der Waals surface area (Å²) in [5.41, 5.74) is -0.0581. The summed E-state index contributed by atoms with van der Waals surface area (Å²) in [6, 6.07) is 0. The molecular weight excluding hydrogens is 455 g/mol. The minimum Gasteiger partial charge on any atom is -0.444 e. The van der Waals surface area contributed by atoms with Gasteiger partial charge in [-0.1, -0.05) is 13.8 Å². The second kappa shape index (κ2) is 10.2. The van der Waals surface area contributed by atoms with Crippen LogP contribution < -0.4 is 5.32 Å². The Morgan fingerprint density at radius 3 is 2.30 bits per heavy atom. The number of nitrogens with one attached hydrogen (secondary N) is 1. The second-order valence-corrected chi connectivity index (χ2v) is 9.44. The summed E-state index contributed by atoms with van der Waals surface area (Å²) in [5, 5.41) is 3.45. The highest BCUT2D eigenvalue weighted by Gasteiger charge is 2.31. The molecule has 0 unspecified atom stereocenters. The Balaban J connectivity index is 0.00000364. The molecule has 0 saturated carbocycles. The zero-order valence-corrected chi connectivity index (χ0v) is 20.3. The molecule has 0 aliphatic carbocycles. The number of carbonyl (C=O) groups is 1. The van der Waals surface area contributed by atoms with Crippen molar-refractivity contribution < 1.29 is 9.53 Å². The highest BCUT2D eigenvalue weighted by Crippen LogP contribution is 2.29. The molecule has 27 heavy (non-hydrogen) atoms. The van der Waals surface area contributed by atoms with Crippen molar-refractivity contribution in [3.8, 4) is 0 Å². The van der Waals surface area contributed by atoms with E-state index in [1.54, 1.807) is 0 Å². The summed E-state index contributed by atoms with van der Waals surface area (Å²) in [6.07, 6.45) is 3.01. The first kappa shape index (κ1) is 24.3. The number of nitrogens with zero attached hydrogens (tertiary/aromatic N) is 3. The van der Waals surface area contributed by atoms with E-state index in [9.17, 15) is 4.79 Å². The molecule has 7 heteroatoms. The number of piperidine rings is 1. The van der Waals surface area contributed by atoms with Gasteiger partial charge in [-0.2, -0.15) is 0 Å². The van der Waals surface area contributed by atoms with Gasteiger partial charge in [0.15, 0.2) is 5.96 Å². The van der Waals surface area contributed by atoms with Gasteiger partial charge in [0.05, 0.1) is 0 Å². The van der Waals surface area contributed by atoms with E-state index < -0.39 is 5.60 Å². The summed E-state index contributed by atoms with van der Waals surface area (Å²) >= 11 is 0. The van der Waals surface area contributed by atoms with Crippen molar-refractivity contribution in [3.05, 3.63) is 0 Å². The van der Waals surface area contributed by atoms with E-state index in [-0.39, 0.29) is 30.1 Å². The molecule has 2 heterocycles. The van der Waals surface area contributed by atoms with Gasteiger partial charge in [0.1, 0.15) is 5.60 Å². The van der Waals surface area contributed by atoms with Gasteiger partial charge in [0, 0.05) is 39.3 Å². The molecule has 2 aliphatic rings. The van der Waals surface area contributed by atoms with Crippen molar-refractivity contribution in [2.24, 2.45) is 16.3 Å². The van der Waals surface area contributed by atoms with Gasteiger partial charge in [0.25, 0.3) is 0 Å². The van der Waals surface area contributed by atoms with Gasteiger partial charge >= 0.3 is 6.09 Å². The molecule has 0 aromatic carbocycles. The van der Waals surface area contributed by atoms with Gasteiger partial charge < -0.3 is 19.9 Å². The first-order valence-corrected chi connectivity index (χ1v) is 10.1. The maximum atomic E-state index is 12.2. The predicted molar refractivity (Wildman–Crippen MR) is 122 cm³/mol. The molecule has 1 N–H and O–H groups in total. The third-order valence-electron chi connectivity index (χ3n) is 5.08. The zero-order valence-electron chi connectivity index (χ0n) is 18.0. The Morgan fingerprint density at radius 2 is 1.81 bits per heavy atom. The van der Waals surface area contributed by atoms with Crippen molar-refractivity contribution in [3.63, 3.8) is 0 Å². The molecule has 6 nitrogen and oxygen atoms in total. The summed E-state index contributed by atoms with van der Waals surface area (Å²) in [6.45, 7) is 17.9. The van der Waals surface area contributed by atoms with E-state index in [1.165, 1.54) is 6.42 Å².